The van der Waals surface area contributed by atoms with E-state index in [0.29, 0.717) is 23.0 Å². The number of hydrogen-bond donors (Lipinski definition) is 2. The lowest BCUT2D eigenvalue weighted by molar-refractivity contribution is 0.102. The zero-order valence-corrected chi connectivity index (χ0v) is 10.9. The summed E-state index contributed by atoms with van der Waals surface area (Å²) in [4.78, 5) is 11.8. The molecule has 0 spiro atoms. The van der Waals surface area contributed by atoms with Gasteiger partial charge < -0.3 is 10.1 Å². The molecule has 3 rings (SSSR count). The van der Waals surface area contributed by atoms with E-state index in [9.17, 15) is 4.79 Å². The minimum Gasteiger partial charge on any atom is -0.438 e. The van der Waals surface area contributed by atoms with Crippen molar-refractivity contribution in [2.24, 2.45) is 0 Å². The first-order chi connectivity index (χ1) is 10.3. The summed E-state index contributed by atoms with van der Waals surface area (Å²) in [5, 5.41) is 16.6. The smallest absolute Gasteiger partial charge is 0.273 e. The number of nitrogens with one attached hydrogen (secondary N) is 2. The standard InChI is InChI=1S/C14H11N5O2/c20-14(12-7-9-16-18-12)17-10-3-5-11(6-4-10)21-13-2-1-8-15-19-13/h1-9H,(H,16,18)(H,17,20). The van der Waals surface area contributed by atoms with Crippen molar-refractivity contribution in [2.45, 2.75) is 0 Å². The van der Waals surface area contributed by atoms with Gasteiger partial charge in [-0.2, -0.15) is 10.2 Å². The van der Waals surface area contributed by atoms with Gasteiger partial charge in [-0.15, -0.1) is 5.10 Å². The Labute approximate surface area is 120 Å². The number of aromatic amines is 1. The van der Waals surface area contributed by atoms with Crippen LogP contribution in [0.5, 0.6) is 11.6 Å². The van der Waals surface area contributed by atoms with Crippen molar-refractivity contribution in [3.05, 3.63) is 60.6 Å². The van der Waals surface area contributed by atoms with Crippen LogP contribution in [0.3, 0.4) is 0 Å². The van der Waals surface area contributed by atoms with Crippen molar-refractivity contribution in [1.82, 2.24) is 20.4 Å². The van der Waals surface area contributed by atoms with Crippen LogP contribution in [0.2, 0.25) is 0 Å². The minimum atomic E-state index is -0.255. The molecule has 1 aromatic carbocycles. The van der Waals surface area contributed by atoms with E-state index in [1.807, 2.05) is 0 Å². The monoisotopic (exact) mass is 281 g/mol. The summed E-state index contributed by atoms with van der Waals surface area (Å²) in [7, 11) is 0. The summed E-state index contributed by atoms with van der Waals surface area (Å²) in [6, 6.07) is 12.0. The summed E-state index contributed by atoms with van der Waals surface area (Å²) < 4.78 is 5.51. The van der Waals surface area contributed by atoms with E-state index in [-0.39, 0.29) is 5.91 Å². The molecule has 0 saturated heterocycles. The van der Waals surface area contributed by atoms with Crippen LogP contribution in [0, 0.1) is 0 Å². The zero-order chi connectivity index (χ0) is 14.5. The molecule has 0 aliphatic carbocycles. The lowest BCUT2D eigenvalue weighted by Gasteiger charge is -2.06. The number of ether oxygens (including phenoxy) is 1. The molecule has 7 heteroatoms. The van der Waals surface area contributed by atoms with E-state index < -0.39 is 0 Å². The Morgan fingerprint density at radius 1 is 1.10 bits per heavy atom. The summed E-state index contributed by atoms with van der Waals surface area (Å²) >= 11 is 0. The van der Waals surface area contributed by atoms with Gasteiger partial charge in [0.1, 0.15) is 11.4 Å². The first-order valence-electron chi connectivity index (χ1n) is 6.17. The van der Waals surface area contributed by atoms with E-state index >= 15 is 0 Å². The van der Waals surface area contributed by atoms with Gasteiger partial charge in [-0.3, -0.25) is 9.89 Å². The molecule has 104 valence electrons. The van der Waals surface area contributed by atoms with Crippen LogP contribution in [0.4, 0.5) is 5.69 Å². The molecule has 3 aromatic rings. The number of amides is 1. The van der Waals surface area contributed by atoms with Crippen molar-refractivity contribution in [2.75, 3.05) is 5.32 Å². The third-order valence-corrected chi connectivity index (χ3v) is 2.63. The van der Waals surface area contributed by atoms with Crippen LogP contribution in [0.15, 0.2) is 54.9 Å². The van der Waals surface area contributed by atoms with Gasteiger partial charge in [-0.05, 0) is 36.4 Å². The van der Waals surface area contributed by atoms with Gasteiger partial charge in [0.25, 0.3) is 5.91 Å². The highest BCUT2D eigenvalue weighted by atomic mass is 16.5. The van der Waals surface area contributed by atoms with Crippen LogP contribution in [0.1, 0.15) is 10.5 Å². The summed E-state index contributed by atoms with van der Waals surface area (Å²) in [6.45, 7) is 0. The van der Waals surface area contributed by atoms with Crippen LogP contribution < -0.4 is 10.1 Å². The number of carbonyl (C=O) groups is 1. The van der Waals surface area contributed by atoms with Crippen molar-refractivity contribution in [3.8, 4) is 11.6 Å². The molecule has 0 unspecified atom stereocenters. The van der Waals surface area contributed by atoms with Gasteiger partial charge in [0.2, 0.25) is 5.88 Å². The first kappa shape index (κ1) is 12.8. The second kappa shape index (κ2) is 5.83. The molecule has 2 aromatic heterocycles. The number of aromatic nitrogens is 4. The van der Waals surface area contributed by atoms with E-state index in [1.165, 1.54) is 6.20 Å². The molecular formula is C14H11N5O2. The van der Waals surface area contributed by atoms with Crippen LogP contribution in [0.25, 0.3) is 0 Å². The van der Waals surface area contributed by atoms with Crippen molar-refractivity contribution >= 4 is 11.6 Å². The SMILES string of the molecule is O=C(Nc1ccc(Oc2cccnn2)cc1)c1ccn[nH]1. The molecular weight excluding hydrogens is 270 g/mol. The average Bonchev–Trinajstić information content (AvgIpc) is 3.05. The maximum atomic E-state index is 11.8. The molecule has 0 aliphatic rings. The van der Waals surface area contributed by atoms with Crippen LogP contribution in [-0.2, 0) is 0 Å². The van der Waals surface area contributed by atoms with E-state index in [1.54, 1.807) is 48.7 Å². The topological polar surface area (TPSA) is 92.8 Å². The third-order valence-electron chi connectivity index (χ3n) is 2.63. The summed E-state index contributed by atoms with van der Waals surface area (Å²) in [5.74, 6) is 0.761. The fraction of sp³-hybridized carbons (Fsp3) is 0. The number of benzene rings is 1. The first-order valence-corrected chi connectivity index (χ1v) is 6.17. The highest BCUT2D eigenvalue weighted by Gasteiger charge is 2.07. The van der Waals surface area contributed by atoms with Gasteiger partial charge in [0.15, 0.2) is 0 Å². The van der Waals surface area contributed by atoms with Gasteiger partial charge in [-0.25, -0.2) is 0 Å². The number of rotatable bonds is 4. The predicted octanol–water partition coefficient (Wildman–Crippen LogP) is 2.24. The van der Waals surface area contributed by atoms with Crippen molar-refractivity contribution in [3.63, 3.8) is 0 Å². The highest BCUT2D eigenvalue weighted by Crippen LogP contribution is 2.20. The second-order valence-corrected chi connectivity index (χ2v) is 4.11. The lowest BCUT2D eigenvalue weighted by Crippen LogP contribution is -2.12. The Morgan fingerprint density at radius 2 is 1.95 bits per heavy atom. The van der Waals surface area contributed by atoms with Gasteiger partial charge in [0, 0.05) is 24.1 Å². The Kier molecular flexibility index (Phi) is 3.55. The Bertz CT molecular complexity index is 711. The van der Waals surface area contributed by atoms with E-state index in [2.05, 4.69) is 25.7 Å². The second-order valence-electron chi connectivity index (χ2n) is 4.11. The Balaban J connectivity index is 1.65. The molecule has 2 N–H and O–H groups in total. The molecule has 0 aliphatic heterocycles. The molecule has 0 radical (unpaired) electrons. The fourth-order valence-electron chi connectivity index (χ4n) is 1.65. The number of nitrogens with zero attached hydrogens (tertiary/aromatic N) is 3. The maximum Gasteiger partial charge on any atom is 0.273 e. The lowest BCUT2D eigenvalue weighted by atomic mass is 10.3. The average molecular weight is 281 g/mol. The number of H-pyrrole nitrogens is 1. The maximum absolute atomic E-state index is 11.8. The minimum absolute atomic E-state index is 0.255. The number of carbonyl (C=O) groups excluding carboxylic acids is 1. The van der Waals surface area contributed by atoms with Gasteiger partial charge in [-0.1, -0.05) is 0 Å². The third kappa shape index (κ3) is 3.21. The fourth-order valence-corrected chi connectivity index (χ4v) is 1.65. The molecule has 0 bridgehead atoms. The molecule has 0 fully saturated rings. The highest BCUT2D eigenvalue weighted by molar-refractivity contribution is 6.02. The Hall–Kier alpha value is -3.22. The zero-order valence-electron chi connectivity index (χ0n) is 10.9. The number of hydrogen-bond acceptors (Lipinski definition) is 5. The Morgan fingerprint density at radius 3 is 2.62 bits per heavy atom. The molecule has 7 nitrogen and oxygen atoms in total. The van der Waals surface area contributed by atoms with Crippen molar-refractivity contribution in [1.29, 1.82) is 0 Å². The molecule has 2 heterocycles. The molecule has 1 amide bonds. The van der Waals surface area contributed by atoms with Crippen LogP contribution in [-0.4, -0.2) is 26.3 Å². The molecule has 0 saturated carbocycles. The molecule has 0 atom stereocenters. The largest absolute Gasteiger partial charge is 0.438 e. The summed E-state index contributed by atoms with van der Waals surface area (Å²) in [5.41, 5.74) is 1.05. The summed E-state index contributed by atoms with van der Waals surface area (Å²) in [6.07, 6.45) is 3.09. The van der Waals surface area contributed by atoms with E-state index in [0.717, 1.165) is 0 Å². The normalized spacial score (nSPS) is 10.1. The van der Waals surface area contributed by atoms with Gasteiger partial charge >= 0.3 is 0 Å². The van der Waals surface area contributed by atoms with Crippen LogP contribution >= 0.6 is 0 Å². The van der Waals surface area contributed by atoms with Crippen molar-refractivity contribution < 1.29 is 9.53 Å². The number of anilines is 1. The van der Waals surface area contributed by atoms with Gasteiger partial charge in [0.05, 0.1) is 0 Å². The quantitative estimate of drug-likeness (QED) is 0.765. The predicted molar refractivity (Wildman–Crippen MR) is 75.1 cm³/mol. The van der Waals surface area contributed by atoms with E-state index in [4.69, 9.17) is 4.74 Å². The molecule has 21 heavy (non-hydrogen) atoms.